The molecule has 0 unspecified atom stereocenters. The highest BCUT2D eigenvalue weighted by molar-refractivity contribution is 9.10. The van der Waals surface area contributed by atoms with Crippen molar-refractivity contribution in [3.05, 3.63) is 63.6 Å². The molecule has 2 saturated heterocycles. The molecule has 3 aromatic rings. The number of thiazole rings is 1. The summed E-state index contributed by atoms with van der Waals surface area (Å²) in [5.41, 5.74) is 0.819. The number of benzene rings is 2. The largest absolute Gasteiger partial charge is 0.326 e. The second-order valence-electron chi connectivity index (χ2n) is 8.35. The third kappa shape index (κ3) is 3.77. The average molecular weight is 499 g/mol. The molecule has 0 spiro atoms. The van der Waals surface area contributed by atoms with Crippen LogP contribution in [0.4, 0.5) is 4.79 Å². The minimum Gasteiger partial charge on any atom is -0.319 e. The van der Waals surface area contributed by atoms with E-state index in [9.17, 15) is 9.59 Å². The van der Waals surface area contributed by atoms with E-state index in [1.54, 1.807) is 18.3 Å². The summed E-state index contributed by atoms with van der Waals surface area (Å²) in [6.45, 7) is 3.78. The van der Waals surface area contributed by atoms with Gasteiger partial charge in [0.2, 0.25) is 0 Å². The monoisotopic (exact) mass is 498 g/mol. The number of amides is 3. The number of nitrogens with one attached hydrogen (secondary N) is 1. The van der Waals surface area contributed by atoms with Crippen molar-refractivity contribution < 1.29 is 9.59 Å². The van der Waals surface area contributed by atoms with E-state index in [0.29, 0.717) is 12.6 Å². The Hall–Kier alpha value is -2.29. The molecule has 5 rings (SSSR count). The van der Waals surface area contributed by atoms with Crippen molar-refractivity contribution in [3.63, 3.8) is 0 Å². The van der Waals surface area contributed by atoms with Crippen LogP contribution in [-0.4, -0.2) is 46.5 Å². The lowest BCUT2D eigenvalue weighted by Crippen LogP contribution is -2.46. The highest BCUT2D eigenvalue weighted by atomic mass is 79.9. The number of carbonyl (C=O) groups excluding carboxylic acids is 2. The molecular formula is C23H23BrN4O2S. The van der Waals surface area contributed by atoms with Gasteiger partial charge in [-0.3, -0.25) is 9.69 Å². The lowest BCUT2D eigenvalue weighted by Gasteiger charge is -2.33. The molecule has 2 fully saturated rings. The summed E-state index contributed by atoms with van der Waals surface area (Å²) >= 11 is 5.19. The number of rotatable bonds is 4. The van der Waals surface area contributed by atoms with Gasteiger partial charge in [0.15, 0.2) is 0 Å². The molecule has 0 aliphatic carbocycles. The van der Waals surface area contributed by atoms with Gasteiger partial charge in [-0.05, 0) is 49.6 Å². The van der Waals surface area contributed by atoms with Gasteiger partial charge in [-0.1, -0.05) is 40.2 Å². The van der Waals surface area contributed by atoms with E-state index in [-0.39, 0.29) is 11.9 Å². The number of imide groups is 1. The van der Waals surface area contributed by atoms with E-state index in [2.05, 4.69) is 38.3 Å². The summed E-state index contributed by atoms with van der Waals surface area (Å²) in [4.78, 5) is 34.2. The summed E-state index contributed by atoms with van der Waals surface area (Å²) in [7, 11) is 0. The summed E-state index contributed by atoms with van der Waals surface area (Å²) in [5.74, 6) is 0.234. The Morgan fingerprint density at radius 3 is 2.55 bits per heavy atom. The van der Waals surface area contributed by atoms with Gasteiger partial charge in [0, 0.05) is 23.5 Å². The van der Waals surface area contributed by atoms with Gasteiger partial charge < -0.3 is 5.32 Å². The van der Waals surface area contributed by atoms with Gasteiger partial charge in [-0.2, -0.15) is 0 Å². The number of piperidine rings is 1. The normalized spacial score (nSPS) is 23.0. The van der Waals surface area contributed by atoms with Crippen LogP contribution in [0.1, 0.15) is 36.3 Å². The fourth-order valence-electron chi connectivity index (χ4n) is 4.39. The molecule has 2 aliphatic rings. The summed E-state index contributed by atoms with van der Waals surface area (Å²) in [6.07, 6.45) is 1.96. The van der Waals surface area contributed by atoms with E-state index in [4.69, 9.17) is 4.98 Å². The smallest absolute Gasteiger partial charge is 0.319 e. The van der Waals surface area contributed by atoms with Crippen LogP contribution in [0, 0.1) is 0 Å². The molecule has 0 bridgehead atoms. The summed E-state index contributed by atoms with van der Waals surface area (Å²) < 4.78 is 2.16. The first-order valence-electron chi connectivity index (χ1n) is 10.4. The number of likely N-dealkylation sites (tertiary alicyclic amines) is 1. The number of hydrogen-bond acceptors (Lipinski definition) is 5. The van der Waals surface area contributed by atoms with Crippen molar-refractivity contribution in [3.8, 4) is 0 Å². The second-order valence-corrected chi connectivity index (χ2v) is 10.3. The molecule has 0 radical (unpaired) electrons. The maximum absolute atomic E-state index is 13.2. The topological polar surface area (TPSA) is 65.5 Å². The Balaban J connectivity index is 1.24. The molecule has 8 heteroatoms. The van der Waals surface area contributed by atoms with E-state index < -0.39 is 5.54 Å². The number of hydrogen-bond donors (Lipinski definition) is 1. The highest BCUT2D eigenvalue weighted by Gasteiger charge is 2.49. The number of aromatic nitrogens is 1. The Morgan fingerprint density at radius 1 is 1.13 bits per heavy atom. The zero-order chi connectivity index (χ0) is 21.6. The first-order chi connectivity index (χ1) is 14.9. The number of para-hydroxylation sites is 1. The van der Waals surface area contributed by atoms with Crippen LogP contribution in [0.15, 0.2) is 53.0 Å². The predicted molar refractivity (Wildman–Crippen MR) is 125 cm³/mol. The molecule has 31 heavy (non-hydrogen) atoms. The quantitative estimate of drug-likeness (QED) is 0.531. The lowest BCUT2D eigenvalue weighted by molar-refractivity contribution is -0.132. The molecule has 3 amide bonds. The third-order valence-electron chi connectivity index (χ3n) is 6.29. The number of nitrogens with zero attached hydrogens (tertiary/aromatic N) is 3. The number of carbonyl (C=O) groups is 2. The van der Waals surface area contributed by atoms with Gasteiger partial charge in [0.05, 0.1) is 21.9 Å². The van der Waals surface area contributed by atoms with Crippen LogP contribution in [0.25, 0.3) is 10.2 Å². The van der Waals surface area contributed by atoms with Crippen molar-refractivity contribution in [1.29, 1.82) is 0 Å². The van der Waals surface area contributed by atoms with Crippen molar-refractivity contribution in [2.45, 2.75) is 31.2 Å². The molecule has 6 nitrogen and oxygen atoms in total. The van der Waals surface area contributed by atoms with Crippen LogP contribution >= 0.6 is 27.3 Å². The molecule has 1 N–H and O–H groups in total. The molecule has 1 atom stereocenters. The molecule has 2 aromatic carbocycles. The van der Waals surface area contributed by atoms with E-state index in [0.717, 1.165) is 41.5 Å². The molecule has 1 aromatic heterocycles. The fraction of sp³-hybridized carbons (Fsp3) is 0.348. The molecular weight excluding hydrogens is 476 g/mol. The zero-order valence-corrected chi connectivity index (χ0v) is 19.6. The molecule has 2 aliphatic heterocycles. The van der Waals surface area contributed by atoms with E-state index in [1.165, 1.54) is 14.6 Å². The summed E-state index contributed by atoms with van der Waals surface area (Å²) in [5, 5.41) is 4.09. The highest BCUT2D eigenvalue weighted by Crippen LogP contribution is 2.35. The first kappa shape index (κ1) is 20.6. The standard InChI is InChI=1S/C23H23BrN4O2S/c1-23(16-6-8-17(24)9-7-16)21(29)28(22(30)26-23)14-27-12-10-15(11-13-27)20-25-18-4-2-3-5-19(18)31-20/h2-9,15H,10-14H2,1H3,(H,26,30)/t23-/m1/s1. The second kappa shape index (κ2) is 8.00. The molecule has 160 valence electrons. The average Bonchev–Trinajstić information content (AvgIpc) is 3.30. The maximum atomic E-state index is 13.2. The van der Waals surface area contributed by atoms with Crippen molar-refractivity contribution in [1.82, 2.24) is 20.1 Å². The third-order valence-corrected chi connectivity index (χ3v) is 8.01. The van der Waals surface area contributed by atoms with Crippen LogP contribution in [0.3, 0.4) is 0 Å². The van der Waals surface area contributed by atoms with Gasteiger partial charge in [0.25, 0.3) is 5.91 Å². The minimum absolute atomic E-state index is 0.201. The Kier molecular flexibility index (Phi) is 5.32. The van der Waals surface area contributed by atoms with Crippen LogP contribution < -0.4 is 5.32 Å². The van der Waals surface area contributed by atoms with Crippen LogP contribution in [0.5, 0.6) is 0 Å². The maximum Gasteiger partial charge on any atom is 0.326 e. The number of halogens is 1. The van der Waals surface area contributed by atoms with Crippen LogP contribution in [-0.2, 0) is 10.3 Å². The van der Waals surface area contributed by atoms with Gasteiger partial charge in [-0.25, -0.2) is 14.7 Å². The Bertz CT molecular complexity index is 1110. The first-order valence-corrected chi connectivity index (χ1v) is 12.0. The van der Waals surface area contributed by atoms with Crippen molar-refractivity contribution >= 4 is 49.4 Å². The lowest BCUT2D eigenvalue weighted by atomic mass is 9.92. The number of fused-ring (bicyclic) bond motifs is 1. The number of urea groups is 1. The fourth-order valence-corrected chi connectivity index (χ4v) is 5.79. The Labute approximate surface area is 193 Å². The van der Waals surface area contributed by atoms with Crippen molar-refractivity contribution in [2.24, 2.45) is 0 Å². The minimum atomic E-state index is -1.03. The van der Waals surface area contributed by atoms with E-state index in [1.807, 2.05) is 36.4 Å². The summed E-state index contributed by atoms with van der Waals surface area (Å²) in [6, 6.07) is 15.4. The van der Waals surface area contributed by atoms with Gasteiger partial charge in [0.1, 0.15) is 5.54 Å². The van der Waals surface area contributed by atoms with Gasteiger partial charge >= 0.3 is 6.03 Å². The SMILES string of the molecule is C[C@]1(c2ccc(Br)cc2)NC(=O)N(CN2CCC(c3nc4ccccc4s3)CC2)C1=O. The van der Waals surface area contributed by atoms with Crippen LogP contribution in [0.2, 0.25) is 0 Å². The van der Waals surface area contributed by atoms with E-state index >= 15 is 0 Å². The Morgan fingerprint density at radius 2 is 1.84 bits per heavy atom. The molecule has 3 heterocycles. The molecule has 0 saturated carbocycles. The zero-order valence-electron chi connectivity index (χ0n) is 17.2. The van der Waals surface area contributed by atoms with Crippen molar-refractivity contribution in [2.75, 3.05) is 19.8 Å². The predicted octanol–water partition coefficient (Wildman–Crippen LogP) is 4.66. The van der Waals surface area contributed by atoms with Gasteiger partial charge in [-0.15, -0.1) is 11.3 Å².